The van der Waals surface area contributed by atoms with Gasteiger partial charge in [0.25, 0.3) is 5.91 Å². The fraction of sp³-hybridized carbons (Fsp3) is 0.250. The van der Waals surface area contributed by atoms with Crippen LogP contribution in [0.3, 0.4) is 0 Å². The molecular formula is C28H27N5O2S. The van der Waals surface area contributed by atoms with Crippen LogP contribution < -0.4 is 9.80 Å². The summed E-state index contributed by atoms with van der Waals surface area (Å²) >= 11 is 1.34. The van der Waals surface area contributed by atoms with Gasteiger partial charge in [-0.05, 0) is 43.5 Å². The molecule has 7 nitrogen and oxygen atoms in total. The van der Waals surface area contributed by atoms with Gasteiger partial charge in [0, 0.05) is 36.7 Å². The minimum atomic E-state index is -0.173. The van der Waals surface area contributed by atoms with Crippen molar-refractivity contribution < 1.29 is 9.59 Å². The number of amides is 2. The van der Waals surface area contributed by atoms with Gasteiger partial charge < -0.3 is 9.80 Å². The van der Waals surface area contributed by atoms with Crippen LogP contribution in [0.2, 0.25) is 0 Å². The Morgan fingerprint density at radius 3 is 2.53 bits per heavy atom. The molecule has 0 bridgehead atoms. The van der Waals surface area contributed by atoms with Crippen LogP contribution in [0.5, 0.6) is 0 Å². The number of carbonyl (C=O) groups is 2. The van der Waals surface area contributed by atoms with E-state index in [1.807, 2.05) is 71.3 Å². The maximum Gasteiger partial charge on any atom is 0.270 e. The van der Waals surface area contributed by atoms with E-state index in [4.69, 9.17) is 0 Å². The summed E-state index contributed by atoms with van der Waals surface area (Å²) in [4.78, 5) is 44.4. The number of benzene rings is 2. The van der Waals surface area contributed by atoms with Crippen molar-refractivity contribution in [3.05, 3.63) is 89.3 Å². The van der Waals surface area contributed by atoms with E-state index >= 15 is 0 Å². The van der Waals surface area contributed by atoms with Crippen molar-refractivity contribution in [1.29, 1.82) is 0 Å². The molecule has 2 atom stereocenters. The summed E-state index contributed by atoms with van der Waals surface area (Å²) in [5, 5.41) is 0.673. The van der Waals surface area contributed by atoms with Gasteiger partial charge in [0.05, 0.1) is 17.9 Å². The summed E-state index contributed by atoms with van der Waals surface area (Å²) in [5.74, 6) is -0.102. The molecule has 4 aromatic rings. The molecule has 36 heavy (non-hydrogen) atoms. The molecule has 2 aromatic carbocycles. The SMILES string of the molecule is CC[C@H]1C[C@@H](N(C(C)=O)c2ccccc2)c2ccccc2N1C(=O)c1sc(-c2cnccn2)nc1C. The molecule has 2 amide bonds. The Bertz CT molecular complexity index is 1390. The summed E-state index contributed by atoms with van der Waals surface area (Å²) in [6, 6.07) is 17.4. The lowest BCUT2D eigenvalue weighted by molar-refractivity contribution is -0.117. The highest BCUT2D eigenvalue weighted by atomic mass is 32.1. The number of hydrogen-bond donors (Lipinski definition) is 0. The van der Waals surface area contributed by atoms with Gasteiger partial charge in [0.1, 0.15) is 15.6 Å². The largest absolute Gasteiger partial charge is 0.305 e. The standard InChI is InChI=1S/C28H27N5O2S/c1-4-20-16-25(32(19(3)34)21-10-6-5-7-11-21)22-12-8-9-13-24(22)33(20)28(35)26-18(2)31-27(36-26)23-17-29-14-15-30-23/h5-15,17,20,25H,4,16H2,1-3H3/t20-,25+/m0/s1. The van der Waals surface area contributed by atoms with E-state index in [0.717, 1.165) is 23.4 Å². The van der Waals surface area contributed by atoms with Crippen LogP contribution in [0.4, 0.5) is 11.4 Å². The Morgan fingerprint density at radius 1 is 1.08 bits per heavy atom. The van der Waals surface area contributed by atoms with E-state index in [2.05, 4.69) is 21.9 Å². The molecule has 1 aliphatic heterocycles. The first-order valence-corrected chi connectivity index (χ1v) is 12.8. The Morgan fingerprint density at radius 2 is 1.83 bits per heavy atom. The van der Waals surface area contributed by atoms with Crippen molar-refractivity contribution in [1.82, 2.24) is 15.0 Å². The van der Waals surface area contributed by atoms with E-state index in [0.29, 0.717) is 27.7 Å². The molecule has 182 valence electrons. The fourth-order valence-electron chi connectivity index (χ4n) is 4.94. The van der Waals surface area contributed by atoms with Crippen LogP contribution in [-0.2, 0) is 4.79 Å². The van der Waals surface area contributed by atoms with Crippen LogP contribution in [0.15, 0.2) is 73.2 Å². The number of rotatable bonds is 5. The minimum Gasteiger partial charge on any atom is -0.305 e. The summed E-state index contributed by atoms with van der Waals surface area (Å²) in [5.41, 5.74) is 3.98. The molecule has 0 saturated heterocycles. The van der Waals surface area contributed by atoms with Crippen molar-refractivity contribution in [3.8, 4) is 10.7 Å². The predicted octanol–water partition coefficient (Wildman–Crippen LogP) is 5.83. The predicted molar refractivity (Wildman–Crippen MR) is 142 cm³/mol. The van der Waals surface area contributed by atoms with Crippen LogP contribution in [0.25, 0.3) is 10.7 Å². The molecule has 0 aliphatic carbocycles. The normalized spacial score (nSPS) is 16.9. The number of carbonyl (C=O) groups excluding carboxylic acids is 2. The molecule has 5 rings (SSSR count). The summed E-state index contributed by atoms with van der Waals surface area (Å²) in [7, 11) is 0. The number of fused-ring (bicyclic) bond motifs is 1. The topological polar surface area (TPSA) is 79.3 Å². The maximum atomic E-state index is 14.1. The second-order valence-electron chi connectivity index (χ2n) is 8.80. The second-order valence-corrected chi connectivity index (χ2v) is 9.80. The van der Waals surface area contributed by atoms with Crippen molar-refractivity contribution in [2.45, 2.75) is 45.7 Å². The zero-order valence-electron chi connectivity index (χ0n) is 20.5. The van der Waals surface area contributed by atoms with E-state index in [-0.39, 0.29) is 23.9 Å². The third-order valence-corrected chi connectivity index (χ3v) is 7.73. The summed E-state index contributed by atoms with van der Waals surface area (Å²) in [6.45, 7) is 5.54. The Labute approximate surface area is 214 Å². The molecule has 3 heterocycles. The second kappa shape index (κ2) is 9.99. The number of hydrogen-bond acceptors (Lipinski definition) is 6. The minimum absolute atomic E-state index is 0.0254. The number of aryl methyl sites for hydroxylation is 1. The molecule has 0 N–H and O–H groups in total. The highest BCUT2D eigenvalue weighted by molar-refractivity contribution is 7.17. The highest BCUT2D eigenvalue weighted by Crippen LogP contribution is 2.44. The average molecular weight is 498 g/mol. The quantitative estimate of drug-likeness (QED) is 0.347. The van der Waals surface area contributed by atoms with Gasteiger partial charge >= 0.3 is 0 Å². The van der Waals surface area contributed by atoms with Crippen LogP contribution in [-0.4, -0.2) is 32.8 Å². The first kappa shape index (κ1) is 23.8. The molecular weight excluding hydrogens is 470 g/mol. The number of para-hydroxylation sites is 2. The first-order chi connectivity index (χ1) is 17.5. The van der Waals surface area contributed by atoms with Crippen molar-refractivity contribution in [3.63, 3.8) is 0 Å². The molecule has 0 radical (unpaired) electrons. The zero-order valence-corrected chi connectivity index (χ0v) is 21.3. The smallest absolute Gasteiger partial charge is 0.270 e. The van der Waals surface area contributed by atoms with Crippen molar-refractivity contribution >= 4 is 34.5 Å². The van der Waals surface area contributed by atoms with Crippen LogP contribution in [0, 0.1) is 6.92 Å². The lowest BCUT2D eigenvalue weighted by Gasteiger charge is -2.44. The fourth-order valence-corrected chi connectivity index (χ4v) is 5.90. The molecule has 2 aromatic heterocycles. The molecule has 0 spiro atoms. The van der Waals surface area contributed by atoms with Crippen LogP contribution in [0.1, 0.15) is 53.7 Å². The summed E-state index contributed by atoms with van der Waals surface area (Å²) in [6.07, 6.45) is 6.29. The van der Waals surface area contributed by atoms with Gasteiger partial charge in [0.2, 0.25) is 5.91 Å². The lowest BCUT2D eigenvalue weighted by atomic mass is 9.88. The van der Waals surface area contributed by atoms with Gasteiger partial charge in [-0.15, -0.1) is 11.3 Å². The number of thiazole rings is 1. The van der Waals surface area contributed by atoms with Gasteiger partial charge in [-0.3, -0.25) is 19.6 Å². The van der Waals surface area contributed by atoms with Gasteiger partial charge in [-0.1, -0.05) is 43.3 Å². The average Bonchev–Trinajstić information content (AvgIpc) is 3.30. The van der Waals surface area contributed by atoms with E-state index < -0.39 is 0 Å². The lowest BCUT2D eigenvalue weighted by Crippen LogP contribution is -2.48. The molecule has 0 fully saturated rings. The zero-order chi connectivity index (χ0) is 25.2. The molecule has 1 aliphatic rings. The van der Waals surface area contributed by atoms with Crippen molar-refractivity contribution in [2.24, 2.45) is 0 Å². The van der Waals surface area contributed by atoms with Crippen LogP contribution >= 0.6 is 11.3 Å². The highest BCUT2D eigenvalue weighted by Gasteiger charge is 2.40. The maximum absolute atomic E-state index is 14.1. The first-order valence-electron chi connectivity index (χ1n) is 12.0. The van der Waals surface area contributed by atoms with Gasteiger partial charge in [0.15, 0.2) is 0 Å². The molecule has 0 saturated carbocycles. The van der Waals surface area contributed by atoms with E-state index in [1.54, 1.807) is 25.5 Å². The Hall–Kier alpha value is -3.91. The molecule has 8 heteroatoms. The number of aromatic nitrogens is 3. The number of anilines is 2. The Kier molecular flexibility index (Phi) is 6.61. The molecule has 0 unspecified atom stereocenters. The Balaban J connectivity index is 1.57. The number of nitrogens with zero attached hydrogens (tertiary/aromatic N) is 5. The van der Waals surface area contributed by atoms with Gasteiger partial charge in [-0.25, -0.2) is 4.98 Å². The van der Waals surface area contributed by atoms with E-state index in [9.17, 15) is 9.59 Å². The third kappa shape index (κ3) is 4.28. The van der Waals surface area contributed by atoms with Crippen molar-refractivity contribution in [2.75, 3.05) is 9.80 Å². The monoisotopic (exact) mass is 497 g/mol. The van der Waals surface area contributed by atoms with E-state index in [1.165, 1.54) is 11.3 Å². The summed E-state index contributed by atoms with van der Waals surface area (Å²) < 4.78 is 0. The van der Waals surface area contributed by atoms with Gasteiger partial charge in [-0.2, -0.15) is 0 Å². The third-order valence-electron chi connectivity index (χ3n) is 6.56.